The number of carbonyl (C=O) groups is 2. The van der Waals surface area contributed by atoms with Crippen LogP contribution in [0.4, 0.5) is 10.5 Å². The summed E-state index contributed by atoms with van der Waals surface area (Å²) < 4.78 is 0. The summed E-state index contributed by atoms with van der Waals surface area (Å²) in [6.45, 7) is 1.68. The van der Waals surface area contributed by atoms with Crippen LogP contribution >= 0.6 is 0 Å². The number of nitrogens with zero attached hydrogens (tertiary/aromatic N) is 1. The van der Waals surface area contributed by atoms with E-state index in [9.17, 15) is 9.59 Å². The van der Waals surface area contributed by atoms with E-state index in [0.717, 1.165) is 4.90 Å². The third kappa shape index (κ3) is 2.10. The van der Waals surface area contributed by atoms with Gasteiger partial charge >= 0.3 is 6.03 Å². The van der Waals surface area contributed by atoms with Gasteiger partial charge in [-0.1, -0.05) is 25.1 Å². The van der Waals surface area contributed by atoms with Crippen molar-refractivity contribution in [3.63, 3.8) is 0 Å². The van der Waals surface area contributed by atoms with Crippen LogP contribution in [0.5, 0.6) is 0 Å². The van der Waals surface area contributed by atoms with Crippen molar-refractivity contribution in [2.45, 2.75) is 13.3 Å². The molecule has 14 heavy (non-hydrogen) atoms. The molecule has 0 aliphatic heterocycles. The third-order valence-electron chi connectivity index (χ3n) is 1.79. The van der Waals surface area contributed by atoms with Gasteiger partial charge in [0, 0.05) is 6.42 Å². The average Bonchev–Trinajstić information content (AvgIpc) is 2.19. The van der Waals surface area contributed by atoms with Crippen molar-refractivity contribution in [3.05, 3.63) is 30.3 Å². The summed E-state index contributed by atoms with van der Waals surface area (Å²) in [5, 5.41) is 0. The summed E-state index contributed by atoms with van der Waals surface area (Å²) in [4.78, 5) is 23.4. The zero-order valence-corrected chi connectivity index (χ0v) is 7.93. The van der Waals surface area contributed by atoms with E-state index < -0.39 is 6.03 Å². The lowest BCUT2D eigenvalue weighted by Gasteiger charge is -2.17. The molecule has 0 aliphatic carbocycles. The number of rotatable bonds is 2. The quantitative estimate of drug-likeness (QED) is 0.771. The Morgan fingerprint density at radius 3 is 2.29 bits per heavy atom. The number of benzene rings is 1. The third-order valence-corrected chi connectivity index (χ3v) is 1.79. The fourth-order valence-electron chi connectivity index (χ4n) is 1.13. The maximum Gasteiger partial charge on any atom is 0.326 e. The lowest BCUT2D eigenvalue weighted by molar-refractivity contribution is -0.117. The van der Waals surface area contributed by atoms with Gasteiger partial charge in [-0.05, 0) is 12.1 Å². The van der Waals surface area contributed by atoms with E-state index in [0.29, 0.717) is 5.69 Å². The Hall–Kier alpha value is -1.84. The monoisotopic (exact) mass is 192 g/mol. The highest BCUT2D eigenvalue weighted by Crippen LogP contribution is 2.13. The van der Waals surface area contributed by atoms with Gasteiger partial charge in [0.1, 0.15) is 0 Å². The lowest BCUT2D eigenvalue weighted by Crippen LogP contribution is -2.40. The number of nitrogens with two attached hydrogens (primary N) is 1. The molecule has 0 unspecified atom stereocenters. The number of amides is 3. The minimum absolute atomic E-state index is 0.248. The highest BCUT2D eigenvalue weighted by molar-refractivity contribution is 6.13. The Kier molecular flexibility index (Phi) is 3.23. The lowest BCUT2D eigenvalue weighted by atomic mass is 10.3. The first-order valence-electron chi connectivity index (χ1n) is 4.34. The molecule has 0 fully saturated rings. The number of hydrogen-bond acceptors (Lipinski definition) is 2. The molecule has 2 N–H and O–H groups in total. The summed E-state index contributed by atoms with van der Waals surface area (Å²) in [6.07, 6.45) is 0.248. The molecule has 4 nitrogen and oxygen atoms in total. The molecule has 3 amide bonds. The van der Waals surface area contributed by atoms with E-state index in [-0.39, 0.29) is 12.3 Å². The van der Waals surface area contributed by atoms with E-state index in [1.54, 1.807) is 37.3 Å². The van der Waals surface area contributed by atoms with Gasteiger partial charge < -0.3 is 5.73 Å². The summed E-state index contributed by atoms with van der Waals surface area (Å²) in [5.74, 6) is -0.302. The maximum atomic E-state index is 11.4. The molecule has 0 bridgehead atoms. The molecule has 0 heterocycles. The van der Waals surface area contributed by atoms with E-state index in [1.807, 2.05) is 0 Å². The fourth-order valence-corrected chi connectivity index (χ4v) is 1.13. The first-order chi connectivity index (χ1) is 6.66. The predicted molar refractivity (Wildman–Crippen MR) is 53.8 cm³/mol. The second-order valence-electron chi connectivity index (χ2n) is 2.76. The molecule has 1 aromatic carbocycles. The van der Waals surface area contributed by atoms with E-state index >= 15 is 0 Å². The number of hydrogen-bond donors (Lipinski definition) is 1. The van der Waals surface area contributed by atoms with Gasteiger partial charge in [-0.15, -0.1) is 0 Å². The zero-order chi connectivity index (χ0) is 10.6. The number of para-hydroxylation sites is 1. The van der Waals surface area contributed by atoms with Crippen LogP contribution in [-0.2, 0) is 4.79 Å². The average molecular weight is 192 g/mol. The molecule has 0 saturated carbocycles. The van der Waals surface area contributed by atoms with Crippen molar-refractivity contribution in [1.29, 1.82) is 0 Å². The second-order valence-corrected chi connectivity index (χ2v) is 2.76. The second kappa shape index (κ2) is 4.41. The summed E-state index contributed by atoms with van der Waals surface area (Å²) >= 11 is 0. The molecule has 74 valence electrons. The SMILES string of the molecule is CCC(=O)N(C(N)=O)c1ccccc1. The van der Waals surface area contributed by atoms with Crippen LogP contribution < -0.4 is 10.6 Å². The predicted octanol–water partition coefficient (Wildman–Crippen LogP) is 1.51. The molecule has 4 heteroatoms. The molecule has 1 rings (SSSR count). The van der Waals surface area contributed by atoms with Gasteiger partial charge in [-0.3, -0.25) is 4.79 Å². The minimum Gasteiger partial charge on any atom is -0.351 e. The van der Waals surface area contributed by atoms with Crippen molar-refractivity contribution >= 4 is 17.6 Å². The van der Waals surface area contributed by atoms with Gasteiger partial charge in [0.2, 0.25) is 5.91 Å². The van der Waals surface area contributed by atoms with Crippen LogP contribution in [0.15, 0.2) is 30.3 Å². The molecule has 0 spiro atoms. The van der Waals surface area contributed by atoms with Gasteiger partial charge in [-0.25, -0.2) is 9.69 Å². The van der Waals surface area contributed by atoms with Crippen molar-refractivity contribution in [2.75, 3.05) is 4.90 Å². The summed E-state index contributed by atoms with van der Waals surface area (Å²) in [6, 6.07) is 7.88. The zero-order valence-electron chi connectivity index (χ0n) is 7.93. The van der Waals surface area contributed by atoms with Crippen LogP contribution in [0, 0.1) is 0 Å². The Morgan fingerprint density at radius 1 is 1.29 bits per heavy atom. The smallest absolute Gasteiger partial charge is 0.326 e. The Labute approximate surface area is 82.3 Å². The van der Waals surface area contributed by atoms with Gasteiger partial charge in [0.15, 0.2) is 0 Å². The highest BCUT2D eigenvalue weighted by Gasteiger charge is 2.18. The number of carbonyl (C=O) groups excluding carboxylic acids is 2. The van der Waals surface area contributed by atoms with Gasteiger partial charge in [0.05, 0.1) is 5.69 Å². The first-order valence-corrected chi connectivity index (χ1v) is 4.34. The molecular weight excluding hydrogens is 180 g/mol. The van der Waals surface area contributed by atoms with Crippen LogP contribution in [0.25, 0.3) is 0 Å². The number of anilines is 1. The van der Waals surface area contributed by atoms with Crippen molar-refractivity contribution < 1.29 is 9.59 Å². The van der Waals surface area contributed by atoms with Crippen molar-refractivity contribution in [3.8, 4) is 0 Å². The van der Waals surface area contributed by atoms with Crippen LogP contribution in [0.3, 0.4) is 0 Å². The maximum absolute atomic E-state index is 11.4. The number of urea groups is 1. The largest absolute Gasteiger partial charge is 0.351 e. The Balaban J connectivity index is 3.01. The Morgan fingerprint density at radius 2 is 1.86 bits per heavy atom. The molecule has 0 aliphatic rings. The van der Waals surface area contributed by atoms with E-state index in [1.165, 1.54) is 0 Å². The molecule has 0 atom stereocenters. The standard InChI is InChI=1S/C10H12N2O2/c1-2-9(13)12(10(11)14)8-6-4-3-5-7-8/h3-7H,2H2,1H3,(H2,11,14). The highest BCUT2D eigenvalue weighted by atomic mass is 16.2. The molecule has 0 radical (unpaired) electrons. The fraction of sp³-hybridized carbons (Fsp3) is 0.200. The van der Waals surface area contributed by atoms with Gasteiger partial charge in [0.25, 0.3) is 0 Å². The van der Waals surface area contributed by atoms with Crippen molar-refractivity contribution in [2.24, 2.45) is 5.73 Å². The van der Waals surface area contributed by atoms with E-state index in [4.69, 9.17) is 5.73 Å². The van der Waals surface area contributed by atoms with E-state index in [2.05, 4.69) is 0 Å². The van der Waals surface area contributed by atoms with Gasteiger partial charge in [-0.2, -0.15) is 0 Å². The first kappa shape index (κ1) is 10.2. The number of imide groups is 1. The number of primary amides is 1. The summed E-state index contributed by atoms with van der Waals surface area (Å²) in [7, 11) is 0. The van der Waals surface area contributed by atoms with Crippen LogP contribution in [0.2, 0.25) is 0 Å². The topological polar surface area (TPSA) is 63.4 Å². The van der Waals surface area contributed by atoms with Crippen LogP contribution in [0.1, 0.15) is 13.3 Å². The molecule has 0 saturated heterocycles. The summed E-state index contributed by atoms with van der Waals surface area (Å²) in [5.41, 5.74) is 5.62. The van der Waals surface area contributed by atoms with Crippen molar-refractivity contribution in [1.82, 2.24) is 0 Å². The molecular formula is C10H12N2O2. The Bertz CT molecular complexity index is 335. The van der Waals surface area contributed by atoms with Crippen LogP contribution in [-0.4, -0.2) is 11.9 Å². The molecule has 0 aromatic heterocycles. The minimum atomic E-state index is -0.747. The molecule has 1 aromatic rings. The normalized spacial score (nSPS) is 9.50.